The molecule has 2 atom stereocenters. The molecule has 8 nitrogen and oxygen atoms in total. The van der Waals surface area contributed by atoms with E-state index in [4.69, 9.17) is 38.4 Å². The van der Waals surface area contributed by atoms with Gasteiger partial charge in [0, 0.05) is 152 Å². The van der Waals surface area contributed by atoms with Gasteiger partial charge >= 0.3 is 0 Å². The molecule has 0 saturated heterocycles. The van der Waals surface area contributed by atoms with Gasteiger partial charge < -0.3 is 39.9 Å². The summed E-state index contributed by atoms with van der Waals surface area (Å²) in [5, 5.41) is 10.3. The number of rotatable bonds is 22. The zero-order valence-corrected chi connectivity index (χ0v) is 107. The van der Waals surface area contributed by atoms with Crippen molar-refractivity contribution in [1.82, 2.24) is 39.9 Å². The Hall–Kier alpha value is -8.71. The zero-order valence-electron chi connectivity index (χ0n) is 118. The minimum atomic E-state index is -1.58. The third kappa shape index (κ3) is 40.3. The smallest absolute Gasteiger partial charge is 0.0799 e. The number of aromatic nitrogens is 8. The molecular weight excluding hydrogens is 2610 g/mol. The van der Waals surface area contributed by atoms with E-state index in [1.165, 1.54) is 82.4 Å². The predicted molar refractivity (Wildman–Crippen MR) is 633 cm³/mol. The first-order valence-corrected chi connectivity index (χ1v) is 75.8. The van der Waals surface area contributed by atoms with Crippen LogP contribution in [-0.2, 0) is 86.8 Å². The molecule has 20 heteroatoms. The molecule has 16 aromatic rings. The number of benzene rings is 8. The third-order valence-electron chi connectivity index (χ3n) is 23.2. The van der Waals surface area contributed by atoms with Crippen LogP contribution in [0.25, 0.3) is 90.1 Å². The maximum absolute atomic E-state index is 8.16. The van der Waals surface area contributed by atoms with Crippen molar-refractivity contribution in [1.29, 1.82) is 0 Å². The van der Waals surface area contributed by atoms with E-state index in [2.05, 4.69) is 311 Å². The second-order valence-corrected chi connectivity index (χ2v) is 83.5. The average molecular weight is 2790 g/mol. The predicted octanol–water partition coefficient (Wildman–Crippen LogP) is 29.3. The molecule has 0 aliphatic rings. The summed E-state index contributed by atoms with van der Waals surface area (Å²) in [5.41, 5.74) is 13.6. The van der Waals surface area contributed by atoms with Gasteiger partial charge in [0.05, 0.1) is 64.6 Å². The molecule has 8 aromatic heterocycles. The van der Waals surface area contributed by atoms with E-state index in [9.17, 15) is 0 Å². The van der Waals surface area contributed by atoms with Gasteiger partial charge in [-0.05, 0) is 141 Å². The second kappa shape index (κ2) is 59.0. The first kappa shape index (κ1) is 88.1. The van der Waals surface area contributed by atoms with Gasteiger partial charge in [0.25, 0.3) is 0 Å². The van der Waals surface area contributed by atoms with Gasteiger partial charge in [-0.25, -0.2) is 0 Å². The van der Waals surface area contributed by atoms with Crippen LogP contribution in [0, 0.1) is 61.4 Å². The molecule has 0 aliphatic heterocycles. The molecule has 145 heavy (non-hydrogen) atoms. The monoisotopic (exact) mass is 2790 g/mol. The van der Waals surface area contributed by atoms with Crippen LogP contribution < -0.4 is 41.5 Å². The number of aryl methyl sites for hydroxylation is 2. The topological polar surface area (TPSA) is 103 Å². The Kier molecular flexibility index (Phi) is 35.9. The summed E-state index contributed by atoms with van der Waals surface area (Å²) in [4.78, 5) is 35.6. The number of pyridine rings is 8. The first-order chi connectivity index (χ1) is 78.0. The van der Waals surface area contributed by atoms with Crippen LogP contribution in [-0.4, -0.2) is 104 Å². The van der Waals surface area contributed by atoms with E-state index in [0.29, 0.717) is 108 Å². The SMILES string of the molecule is [2H]c1[c-]c(-c2cc(C(C)C(C)C)c([Si](C)(C)C)cn2)c([2H])c([2H])c1[2H].[2H]c1[c-]c(-c2cc(C(C)CC)c([Si](C)(C)C)cn2)c([2H])c([2H])c1[2H].[2H]c1[c-]c(-c2cc(C)c([Si](C)(C)C)cn2)c([2H])c([2H])c1[2H].[2H]c1[c-]c(-c2cc(CCC)c([Si](C)(C)C)cn2)c([2H])c([2H])c1[2H].[2H]c1[c-]c(-c2ccc([Si](C)(C)C)cn2)cc([2H])c1[2H].[2H]c1[c-]c(-c2ccc([Si](C)(C)C)cn2)cc([2H])c1[2H].[2H]c1[c-]c(-c2ccc([Si](C)(C)C)cn2)cc([2H])c1[2H].[2H]c1[c-]c(-c2ccc([Si](C)(C)C)cn2)cc([2H])c1[2H].[Ir].[Ir].[Ir].[Ir]. The van der Waals surface area contributed by atoms with Gasteiger partial charge in [-0.15, -0.1) is 286 Å². The minimum absolute atomic E-state index is 0. The molecule has 2 unspecified atom stereocenters. The molecule has 0 amide bonds. The van der Waals surface area contributed by atoms with Gasteiger partial charge in [0.1, 0.15) is 0 Å². The van der Waals surface area contributed by atoms with E-state index in [-0.39, 0.29) is 250 Å². The first-order valence-electron chi connectivity index (χ1n) is 61.8. The summed E-state index contributed by atoms with van der Waals surface area (Å²) in [7, 11) is -11.6. The molecular formula is C125H154Ir4N8Si8-8. The van der Waals surface area contributed by atoms with Crippen molar-refractivity contribution in [2.75, 3.05) is 0 Å². The molecule has 770 valence electrons. The Morgan fingerprint density at radius 1 is 0.255 bits per heavy atom. The number of hydrogen-bond acceptors (Lipinski definition) is 8. The normalized spacial score (nSPS) is 14.4. The molecule has 16 rings (SSSR count). The molecule has 4 radical (unpaired) electrons. The Labute approximate surface area is 976 Å². The number of hydrogen-bond donors (Lipinski definition) is 0. The maximum Gasteiger partial charge on any atom is 0.0799 e. The third-order valence-corrected chi connectivity index (χ3v) is 39.6. The van der Waals surface area contributed by atoms with Crippen LogP contribution in [0.1, 0.15) is 127 Å². The summed E-state index contributed by atoms with van der Waals surface area (Å²) in [5.74, 6) is 1.20. The van der Waals surface area contributed by atoms with Gasteiger partial charge in [-0.1, -0.05) is 300 Å². The van der Waals surface area contributed by atoms with Gasteiger partial charge in [0.2, 0.25) is 0 Å². The van der Waals surface area contributed by atoms with Crippen molar-refractivity contribution in [2.45, 2.75) is 237 Å². The van der Waals surface area contributed by atoms with Crippen molar-refractivity contribution >= 4 is 106 Å². The van der Waals surface area contributed by atoms with Gasteiger partial charge in [-0.3, -0.25) is 0 Å². The van der Waals surface area contributed by atoms with E-state index in [0.717, 1.165) is 24.8 Å². The molecule has 0 aliphatic carbocycles. The van der Waals surface area contributed by atoms with Crippen LogP contribution >= 0.6 is 0 Å². The van der Waals surface area contributed by atoms with E-state index < -0.39 is 64.6 Å². The van der Waals surface area contributed by atoms with Crippen LogP contribution in [0.15, 0.2) is 316 Å². The Morgan fingerprint density at radius 2 is 0.497 bits per heavy atom. The standard InChI is InChI=1S/C19H26NSi.C18H24NSi.C17H22NSi.C15H18NSi.4C14H16NSi.4Ir/c1-14(2)15(3)17-12-18(16-10-8-7-9-11-16)20-13-19(17)21(4,5)6;1-6-14(2)16-12-17(15-10-8-7-9-11-15)19-13-18(16)20(3,4)5;1-5-9-15-12-16(14-10-7-6-8-11-14)18-13-17(15)19(2,3)4;1-12-10-14(13-8-6-5-7-9-13)16-11-15(12)17(2,3)4;4*1-16(2,3)13-9-10-14(15-11-13)12-7-5-4-6-8-12;;;;/h7-10,12-15H,1-6H3;7-10,12-14H,6H2,1-5H3;6-8,10,12-13H,5,9H2,1-4H3;5-8,10-11H,1-4H3;4*4-7,9-11H,1-3H3;;;;/q8*-1;;;;/i2*7D,8D,9D,10D;6D,7D,8D,10D;5D,6D,7D,8D;4*4D,5D,6D;;;;. The second-order valence-electron chi connectivity index (χ2n) is 43.1. The fourth-order valence-electron chi connectivity index (χ4n) is 14.3. The van der Waals surface area contributed by atoms with Crippen LogP contribution in [0.2, 0.25) is 157 Å². The van der Waals surface area contributed by atoms with Crippen LogP contribution in [0.3, 0.4) is 0 Å². The van der Waals surface area contributed by atoms with Crippen molar-refractivity contribution in [3.05, 3.63) is 387 Å². The van der Waals surface area contributed by atoms with Crippen molar-refractivity contribution in [3.63, 3.8) is 0 Å². The zero-order chi connectivity index (χ0) is 127. The summed E-state index contributed by atoms with van der Waals surface area (Å²) in [6.07, 6.45) is 18.0. The van der Waals surface area contributed by atoms with E-state index >= 15 is 0 Å². The molecule has 0 N–H and O–H groups in total. The Morgan fingerprint density at radius 3 is 0.738 bits per heavy atom. The molecule has 0 fully saturated rings. The van der Waals surface area contributed by atoms with Crippen molar-refractivity contribution in [2.24, 2.45) is 5.92 Å². The number of nitrogens with zero attached hydrogens (tertiary/aromatic N) is 8. The van der Waals surface area contributed by atoms with Gasteiger partial charge in [0.15, 0.2) is 0 Å². The summed E-state index contributed by atoms with van der Waals surface area (Å²) in [6.45, 7) is 69.5. The molecule has 8 heterocycles. The van der Waals surface area contributed by atoms with Crippen LogP contribution in [0.5, 0.6) is 0 Å². The molecule has 8 aromatic carbocycles. The summed E-state index contributed by atoms with van der Waals surface area (Å²) in [6, 6.07) is 48.6. The average Bonchev–Trinajstić information content (AvgIpc) is 0.775. The summed E-state index contributed by atoms with van der Waals surface area (Å²) >= 11 is 0. The molecule has 0 spiro atoms. The molecule has 0 saturated carbocycles. The summed E-state index contributed by atoms with van der Waals surface area (Å²) < 4.78 is 216. The Bertz CT molecular complexity index is 7790. The van der Waals surface area contributed by atoms with Crippen molar-refractivity contribution < 1.29 is 119 Å². The van der Waals surface area contributed by atoms with Crippen LogP contribution in [0.4, 0.5) is 0 Å². The quantitative estimate of drug-likeness (QED) is 0.0488. The van der Waals surface area contributed by atoms with E-state index in [1.807, 2.05) is 105 Å². The maximum atomic E-state index is 8.16. The Balaban J connectivity index is 0.000000344. The largest absolute Gasteiger partial charge is 0.305 e. The molecule has 0 bridgehead atoms. The van der Waals surface area contributed by atoms with Crippen molar-refractivity contribution in [3.8, 4) is 90.1 Å². The minimum Gasteiger partial charge on any atom is -0.305 e. The van der Waals surface area contributed by atoms with E-state index in [1.54, 1.807) is 0 Å². The fourth-order valence-corrected chi connectivity index (χ4v) is 25.0. The fraction of sp³-hybridized carbons (Fsp3) is 0.296. The van der Waals surface area contributed by atoms with Gasteiger partial charge in [-0.2, -0.15) is 0 Å².